The molecule has 0 saturated heterocycles. The van der Waals surface area contributed by atoms with Gasteiger partial charge in [0.1, 0.15) is 35.1 Å². The van der Waals surface area contributed by atoms with E-state index in [-0.39, 0.29) is 50.9 Å². The second-order valence-corrected chi connectivity index (χ2v) is 13.5. The number of methoxy groups -OCH3 is 2. The van der Waals surface area contributed by atoms with E-state index >= 15 is 0 Å². The molecule has 0 fully saturated rings. The van der Waals surface area contributed by atoms with Crippen LogP contribution < -0.4 is 0 Å². The summed E-state index contributed by atoms with van der Waals surface area (Å²) in [6.07, 6.45) is 0.860. The third-order valence-corrected chi connectivity index (χ3v) is 5.77. The molecule has 0 amide bonds. The van der Waals surface area contributed by atoms with Gasteiger partial charge in [0.2, 0.25) is 0 Å². The molecule has 1 atom stereocenters. The molecule has 0 aromatic carbocycles. The molecule has 0 bridgehead atoms. The second kappa shape index (κ2) is 23.9. The van der Waals surface area contributed by atoms with Crippen LogP contribution in [0.1, 0.15) is 54.4 Å². The maximum Gasteiger partial charge on any atom is 0.333 e. The van der Waals surface area contributed by atoms with Crippen LogP contribution in [-0.4, -0.2) is 110 Å². The maximum absolute atomic E-state index is 11.9. The number of aliphatic hydroxyl groups is 2. The van der Waals surface area contributed by atoms with Crippen LogP contribution in [0.4, 0.5) is 0 Å². The summed E-state index contributed by atoms with van der Waals surface area (Å²) in [5, 5.41) is 16.9. The van der Waals surface area contributed by atoms with Crippen molar-refractivity contribution in [3.8, 4) is 0 Å². The SMILES string of the molecule is C=C(C)C(=O)OCCOC.CC(C)(Br)C(=O)OCCO.COCCOC(=O)C(C)(Br)CCC(C)(C)C(=O)OCCO. The first kappa shape index (κ1) is 43.9. The Bertz CT molecular complexity index is 777. The fraction of sp³-hybridized carbons (Fsp3) is 0.778. The normalized spacial score (nSPS) is 12.3. The Balaban J connectivity index is -0.000000601. The molecule has 14 heteroatoms. The third kappa shape index (κ3) is 24.7. The van der Waals surface area contributed by atoms with Gasteiger partial charge in [0.25, 0.3) is 0 Å². The number of aliphatic hydroxyl groups excluding tert-OH is 2. The van der Waals surface area contributed by atoms with Gasteiger partial charge < -0.3 is 38.6 Å². The second-order valence-electron chi connectivity index (χ2n) is 9.81. The van der Waals surface area contributed by atoms with E-state index in [9.17, 15) is 19.2 Å². The minimum Gasteiger partial charge on any atom is -0.463 e. The lowest BCUT2D eigenvalue weighted by atomic mass is 9.85. The molecule has 0 aliphatic heterocycles. The van der Waals surface area contributed by atoms with E-state index in [1.807, 2.05) is 0 Å². The van der Waals surface area contributed by atoms with Crippen molar-refractivity contribution in [2.24, 2.45) is 5.41 Å². The van der Waals surface area contributed by atoms with Crippen molar-refractivity contribution in [3.05, 3.63) is 12.2 Å². The van der Waals surface area contributed by atoms with Crippen molar-refractivity contribution < 1.29 is 57.8 Å². The topological polar surface area (TPSA) is 164 Å². The minimum absolute atomic E-state index is 0.0209. The van der Waals surface area contributed by atoms with Crippen LogP contribution >= 0.6 is 31.9 Å². The van der Waals surface area contributed by atoms with Gasteiger partial charge in [0.15, 0.2) is 0 Å². The van der Waals surface area contributed by atoms with Gasteiger partial charge in [-0.15, -0.1) is 0 Å². The van der Waals surface area contributed by atoms with Gasteiger partial charge in [0, 0.05) is 19.8 Å². The van der Waals surface area contributed by atoms with Gasteiger partial charge in [-0.25, -0.2) is 4.79 Å². The lowest BCUT2D eigenvalue weighted by molar-refractivity contribution is -0.156. The van der Waals surface area contributed by atoms with Crippen LogP contribution in [-0.2, 0) is 47.6 Å². The number of carbonyl (C=O) groups is 4. The number of ether oxygens (including phenoxy) is 6. The molecule has 0 aromatic rings. The van der Waals surface area contributed by atoms with Gasteiger partial charge in [0.05, 0.1) is 31.8 Å². The Kier molecular flexibility index (Phi) is 25.6. The maximum atomic E-state index is 11.9. The summed E-state index contributed by atoms with van der Waals surface area (Å²) in [5.41, 5.74) is -0.326. The van der Waals surface area contributed by atoms with Gasteiger partial charge >= 0.3 is 23.9 Å². The summed E-state index contributed by atoms with van der Waals surface area (Å²) in [6.45, 7) is 14.6. The minimum atomic E-state index is -0.866. The highest BCUT2D eigenvalue weighted by molar-refractivity contribution is 9.10. The van der Waals surface area contributed by atoms with Crippen molar-refractivity contribution >= 4 is 55.7 Å². The van der Waals surface area contributed by atoms with Gasteiger partial charge in [-0.3, -0.25) is 14.4 Å². The molecule has 41 heavy (non-hydrogen) atoms. The van der Waals surface area contributed by atoms with E-state index in [1.165, 1.54) is 7.11 Å². The summed E-state index contributed by atoms with van der Waals surface area (Å²) in [6, 6.07) is 0. The first-order chi connectivity index (χ1) is 18.8. The van der Waals surface area contributed by atoms with Crippen LogP contribution in [0.5, 0.6) is 0 Å². The molecular formula is C27H48Br2O12. The zero-order valence-electron chi connectivity index (χ0n) is 25.5. The molecule has 0 aliphatic carbocycles. The lowest BCUT2D eigenvalue weighted by Gasteiger charge is -2.27. The van der Waals surface area contributed by atoms with E-state index < -0.39 is 20.0 Å². The van der Waals surface area contributed by atoms with E-state index in [2.05, 4.69) is 52.6 Å². The van der Waals surface area contributed by atoms with E-state index in [4.69, 9.17) is 24.4 Å². The molecule has 242 valence electrons. The summed E-state index contributed by atoms with van der Waals surface area (Å²) in [7, 11) is 3.08. The van der Waals surface area contributed by atoms with E-state index in [1.54, 1.807) is 48.7 Å². The van der Waals surface area contributed by atoms with Gasteiger partial charge in [-0.05, 0) is 54.4 Å². The number of rotatable bonds is 17. The third-order valence-electron chi connectivity index (χ3n) is 4.72. The summed E-state index contributed by atoms with van der Waals surface area (Å²) < 4.78 is 27.3. The number of hydrogen-bond acceptors (Lipinski definition) is 12. The summed E-state index contributed by atoms with van der Waals surface area (Å²) >= 11 is 6.46. The molecule has 0 aliphatic rings. The summed E-state index contributed by atoms with van der Waals surface area (Å²) in [4.78, 5) is 45.2. The highest BCUT2D eigenvalue weighted by atomic mass is 79.9. The number of alkyl halides is 2. The van der Waals surface area contributed by atoms with Crippen LogP contribution in [0.15, 0.2) is 12.2 Å². The number of esters is 4. The molecular weight excluding hydrogens is 676 g/mol. The fourth-order valence-corrected chi connectivity index (χ4v) is 2.53. The van der Waals surface area contributed by atoms with Gasteiger partial charge in [-0.1, -0.05) is 38.4 Å². The molecule has 0 spiro atoms. The van der Waals surface area contributed by atoms with Gasteiger partial charge in [-0.2, -0.15) is 0 Å². The molecule has 12 nitrogen and oxygen atoms in total. The largest absolute Gasteiger partial charge is 0.463 e. The monoisotopic (exact) mass is 722 g/mol. The predicted molar refractivity (Wildman–Crippen MR) is 160 cm³/mol. The standard InChI is InChI=1S/C14H25BrO6.C7H12O3.C6H11BrO3/c1-13(2,11(17)20-8-7-16)5-6-14(3,15)12(18)21-10-9-19-4;1-6(2)7(8)10-5-4-9-3;1-6(2,7)5(9)10-4-3-8/h16H,5-10H2,1-4H3;1,4-5H2,2-3H3;8H,3-4H2,1-2H3. The van der Waals surface area contributed by atoms with Crippen molar-refractivity contribution in [3.63, 3.8) is 0 Å². The molecule has 0 rings (SSSR count). The fourth-order valence-electron chi connectivity index (χ4n) is 2.10. The Hall–Kier alpha value is -1.58. The smallest absolute Gasteiger partial charge is 0.333 e. The van der Waals surface area contributed by atoms with Crippen LogP contribution in [0.2, 0.25) is 0 Å². The quantitative estimate of drug-likeness (QED) is 0.0742. The van der Waals surface area contributed by atoms with Crippen molar-refractivity contribution in [1.29, 1.82) is 0 Å². The average molecular weight is 724 g/mol. The number of carbonyl (C=O) groups excluding carboxylic acids is 4. The highest BCUT2D eigenvalue weighted by Crippen LogP contribution is 2.33. The van der Waals surface area contributed by atoms with E-state index in [0.29, 0.717) is 38.2 Å². The van der Waals surface area contributed by atoms with E-state index in [0.717, 1.165) is 0 Å². The lowest BCUT2D eigenvalue weighted by Crippen LogP contribution is -2.35. The predicted octanol–water partition coefficient (Wildman–Crippen LogP) is 3.12. The van der Waals surface area contributed by atoms with Crippen molar-refractivity contribution in [2.45, 2.75) is 63.0 Å². The molecule has 0 heterocycles. The zero-order chi connectivity index (χ0) is 32.7. The first-order valence-electron chi connectivity index (χ1n) is 12.8. The molecule has 0 aromatic heterocycles. The Morgan fingerprint density at radius 1 is 0.659 bits per heavy atom. The molecule has 2 N–H and O–H groups in total. The Morgan fingerprint density at radius 2 is 1.07 bits per heavy atom. The Morgan fingerprint density at radius 3 is 1.46 bits per heavy atom. The average Bonchev–Trinajstić information content (AvgIpc) is 2.89. The van der Waals surface area contributed by atoms with Crippen LogP contribution in [0.3, 0.4) is 0 Å². The Labute approximate surface area is 260 Å². The number of halogens is 2. The number of hydrogen-bond donors (Lipinski definition) is 2. The molecule has 0 radical (unpaired) electrons. The van der Waals surface area contributed by atoms with Crippen molar-refractivity contribution in [2.75, 3.05) is 67.1 Å². The first-order valence-corrected chi connectivity index (χ1v) is 14.3. The van der Waals surface area contributed by atoms with Crippen LogP contribution in [0.25, 0.3) is 0 Å². The summed E-state index contributed by atoms with van der Waals surface area (Å²) in [5.74, 6) is -1.51. The zero-order valence-corrected chi connectivity index (χ0v) is 28.7. The van der Waals surface area contributed by atoms with Crippen molar-refractivity contribution in [1.82, 2.24) is 0 Å². The molecule has 1 unspecified atom stereocenters. The highest BCUT2D eigenvalue weighted by Gasteiger charge is 2.37. The molecule has 0 saturated carbocycles. The van der Waals surface area contributed by atoms with Crippen LogP contribution in [0, 0.1) is 5.41 Å².